The van der Waals surface area contributed by atoms with Crippen molar-refractivity contribution in [3.63, 3.8) is 0 Å². The van der Waals surface area contributed by atoms with E-state index in [1.165, 1.54) is 0 Å². The van der Waals surface area contributed by atoms with Gasteiger partial charge in [0.05, 0.1) is 5.92 Å². The van der Waals surface area contributed by atoms with Crippen molar-refractivity contribution in [2.24, 2.45) is 11.3 Å². The lowest BCUT2D eigenvalue weighted by Crippen LogP contribution is -2.07. The van der Waals surface area contributed by atoms with Crippen molar-refractivity contribution < 1.29 is 9.90 Å². The van der Waals surface area contributed by atoms with E-state index in [9.17, 15) is 4.79 Å². The van der Waals surface area contributed by atoms with E-state index >= 15 is 0 Å². The number of alkyl halides is 3. The lowest BCUT2D eigenvalue weighted by atomic mass is 10.1. The third-order valence-electron chi connectivity index (χ3n) is 2.20. The quantitative estimate of drug-likeness (QED) is 0.775. The molecule has 1 saturated carbocycles. The number of hydrogen-bond acceptors (Lipinski definition) is 1. The van der Waals surface area contributed by atoms with Crippen LogP contribution in [0.1, 0.15) is 6.92 Å². The molecule has 1 aliphatic carbocycles. The lowest BCUT2D eigenvalue weighted by Gasteiger charge is -2.03. The summed E-state index contributed by atoms with van der Waals surface area (Å²) in [5.74, 6) is -1.59. The molecule has 1 fully saturated rings. The Hall–Kier alpha value is 0.530. The Bertz CT molecular complexity index is 207. The van der Waals surface area contributed by atoms with Gasteiger partial charge in [-0.1, -0.05) is 22.9 Å². The van der Waals surface area contributed by atoms with Crippen LogP contribution in [0.25, 0.3) is 0 Å². The summed E-state index contributed by atoms with van der Waals surface area (Å²) in [4.78, 5) is 10.6. The van der Waals surface area contributed by atoms with Gasteiger partial charge < -0.3 is 5.11 Å². The van der Waals surface area contributed by atoms with Gasteiger partial charge in [-0.2, -0.15) is 0 Å². The van der Waals surface area contributed by atoms with Crippen LogP contribution >= 0.6 is 39.1 Å². The largest absolute Gasteiger partial charge is 0.481 e. The summed E-state index contributed by atoms with van der Waals surface area (Å²) < 4.78 is -1.11. The summed E-state index contributed by atoms with van der Waals surface area (Å²) in [6, 6.07) is 0. The lowest BCUT2D eigenvalue weighted by molar-refractivity contribution is -0.139. The highest BCUT2D eigenvalue weighted by Crippen LogP contribution is 2.69. The first-order chi connectivity index (χ1) is 4.88. The van der Waals surface area contributed by atoms with E-state index in [0.29, 0.717) is 5.33 Å². The molecule has 0 spiro atoms. The van der Waals surface area contributed by atoms with Crippen LogP contribution < -0.4 is 0 Å². The van der Waals surface area contributed by atoms with Gasteiger partial charge in [0.15, 0.2) is 0 Å². The Morgan fingerprint density at radius 3 is 2.27 bits per heavy atom. The number of carboxylic acid groups (broad SMARTS) is 1. The van der Waals surface area contributed by atoms with Crippen LogP contribution in [-0.2, 0) is 4.79 Å². The highest BCUT2D eigenvalue weighted by Gasteiger charge is 2.76. The zero-order valence-electron chi connectivity index (χ0n) is 5.77. The molecule has 0 aromatic carbocycles. The minimum absolute atomic E-state index is 0.504. The molecule has 0 aromatic rings. The second-order valence-electron chi connectivity index (χ2n) is 2.95. The molecule has 0 heterocycles. The molecule has 0 aromatic heterocycles. The Kier molecular flexibility index (Phi) is 2.19. The molecule has 11 heavy (non-hydrogen) atoms. The highest BCUT2D eigenvalue weighted by molar-refractivity contribution is 9.09. The summed E-state index contributed by atoms with van der Waals surface area (Å²) in [7, 11) is 0. The maximum Gasteiger partial charge on any atom is 0.310 e. The van der Waals surface area contributed by atoms with E-state index in [2.05, 4.69) is 15.9 Å². The maximum absolute atomic E-state index is 10.6. The van der Waals surface area contributed by atoms with Gasteiger partial charge in [-0.25, -0.2) is 0 Å². The van der Waals surface area contributed by atoms with Gasteiger partial charge in [-0.05, 0) is 0 Å². The number of halogens is 3. The van der Waals surface area contributed by atoms with Gasteiger partial charge in [0.25, 0.3) is 0 Å². The molecular weight excluding hydrogens is 255 g/mol. The first-order valence-corrected chi connectivity index (χ1v) is 4.92. The van der Waals surface area contributed by atoms with Crippen LogP contribution in [0, 0.1) is 11.3 Å². The van der Waals surface area contributed by atoms with E-state index in [1.54, 1.807) is 6.92 Å². The predicted octanol–water partition coefficient (Wildman–Crippen LogP) is 2.28. The number of carboxylic acids is 1. The number of hydrogen-bond donors (Lipinski definition) is 1. The van der Waals surface area contributed by atoms with Gasteiger partial charge in [-0.3, -0.25) is 4.79 Å². The van der Waals surface area contributed by atoms with E-state index in [-0.39, 0.29) is 0 Å². The van der Waals surface area contributed by atoms with Crippen LogP contribution in [-0.4, -0.2) is 20.7 Å². The molecule has 0 radical (unpaired) electrons. The normalized spacial score (nSPS) is 40.2. The first-order valence-electron chi connectivity index (χ1n) is 3.04. The van der Waals surface area contributed by atoms with Crippen LogP contribution in [0.4, 0.5) is 0 Å². The molecular formula is C6H7BrCl2O2. The zero-order valence-corrected chi connectivity index (χ0v) is 8.87. The summed E-state index contributed by atoms with van der Waals surface area (Å²) in [6.07, 6.45) is 0. The zero-order chi connectivity index (χ0) is 8.86. The van der Waals surface area contributed by atoms with Crippen molar-refractivity contribution >= 4 is 45.1 Å². The third kappa shape index (κ3) is 1.09. The fraction of sp³-hybridized carbons (Fsp3) is 0.833. The average molecular weight is 262 g/mol. The molecule has 0 saturated heterocycles. The fourth-order valence-corrected chi connectivity index (χ4v) is 3.18. The van der Waals surface area contributed by atoms with Crippen molar-refractivity contribution in [2.75, 3.05) is 5.33 Å². The summed E-state index contributed by atoms with van der Waals surface area (Å²) in [6.45, 7) is 1.75. The molecule has 2 atom stereocenters. The smallest absolute Gasteiger partial charge is 0.310 e. The third-order valence-corrected chi connectivity index (χ3v) is 4.67. The minimum atomic E-state index is -1.11. The van der Waals surface area contributed by atoms with Gasteiger partial charge in [0, 0.05) is 10.7 Å². The molecule has 1 N–H and O–H groups in total. The first kappa shape index (κ1) is 9.62. The summed E-state index contributed by atoms with van der Waals surface area (Å²) in [5, 5.41) is 9.17. The van der Waals surface area contributed by atoms with Crippen LogP contribution in [0.3, 0.4) is 0 Å². The average Bonchev–Trinajstić information content (AvgIpc) is 2.29. The molecule has 1 rings (SSSR count). The van der Waals surface area contributed by atoms with E-state index in [0.717, 1.165) is 0 Å². The van der Waals surface area contributed by atoms with Crippen molar-refractivity contribution in [3.8, 4) is 0 Å². The van der Waals surface area contributed by atoms with Crippen LogP contribution in [0.15, 0.2) is 0 Å². The van der Waals surface area contributed by atoms with Gasteiger partial charge in [0.2, 0.25) is 0 Å². The molecule has 5 heteroatoms. The van der Waals surface area contributed by atoms with Gasteiger partial charge in [0.1, 0.15) is 4.33 Å². The molecule has 0 aliphatic heterocycles. The summed E-state index contributed by atoms with van der Waals surface area (Å²) in [5.41, 5.74) is -0.526. The SMILES string of the molecule is CC1(CBr)C(C(=O)O)C1(Cl)Cl. The Labute approximate surface area is 83.0 Å². The van der Waals surface area contributed by atoms with Crippen molar-refractivity contribution in [3.05, 3.63) is 0 Å². The van der Waals surface area contributed by atoms with E-state index in [1.807, 2.05) is 0 Å². The molecule has 2 unspecified atom stereocenters. The molecule has 2 nitrogen and oxygen atoms in total. The summed E-state index contributed by atoms with van der Waals surface area (Å²) >= 11 is 14.7. The van der Waals surface area contributed by atoms with Crippen LogP contribution in [0.5, 0.6) is 0 Å². The number of rotatable bonds is 2. The highest BCUT2D eigenvalue weighted by atomic mass is 79.9. The molecule has 0 amide bonds. The molecule has 1 aliphatic rings. The second-order valence-corrected chi connectivity index (χ2v) is 4.89. The fourth-order valence-electron chi connectivity index (χ4n) is 1.18. The monoisotopic (exact) mass is 260 g/mol. The number of aliphatic carboxylic acids is 1. The van der Waals surface area contributed by atoms with Crippen molar-refractivity contribution in [1.29, 1.82) is 0 Å². The van der Waals surface area contributed by atoms with E-state index < -0.39 is 21.6 Å². The van der Waals surface area contributed by atoms with Gasteiger partial charge in [-0.15, -0.1) is 23.2 Å². The van der Waals surface area contributed by atoms with Gasteiger partial charge >= 0.3 is 5.97 Å². The van der Waals surface area contributed by atoms with Crippen molar-refractivity contribution in [1.82, 2.24) is 0 Å². The maximum atomic E-state index is 10.6. The molecule has 64 valence electrons. The molecule has 0 bridgehead atoms. The second kappa shape index (κ2) is 2.51. The standard InChI is InChI=1S/C6H7BrCl2O2/c1-5(2-7)3(4(10)11)6(5,8)9/h3H,2H2,1H3,(H,10,11). The van der Waals surface area contributed by atoms with E-state index in [4.69, 9.17) is 28.3 Å². The minimum Gasteiger partial charge on any atom is -0.481 e. The van der Waals surface area contributed by atoms with Crippen molar-refractivity contribution in [2.45, 2.75) is 11.3 Å². The Balaban J connectivity index is 2.83. The topological polar surface area (TPSA) is 37.3 Å². The Morgan fingerprint density at radius 1 is 1.73 bits per heavy atom. The predicted molar refractivity (Wildman–Crippen MR) is 47.5 cm³/mol. The number of carbonyl (C=O) groups is 1. The van der Waals surface area contributed by atoms with Crippen LogP contribution in [0.2, 0.25) is 0 Å². The Morgan fingerprint density at radius 2 is 2.18 bits per heavy atom.